The minimum Gasteiger partial charge on any atom is -0.444 e. The zero-order valence-electron chi connectivity index (χ0n) is 29.4. The van der Waals surface area contributed by atoms with Gasteiger partial charge in [0, 0.05) is 25.2 Å². The van der Waals surface area contributed by atoms with Gasteiger partial charge in [0.25, 0.3) is 0 Å². The van der Waals surface area contributed by atoms with Crippen LogP contribution in [0, 0.1) is 17.1 Å². The number of nitrogen functional groups attached to an aromatic ring is 1. The lowest BCUT2D eigenvalue weighted by molar-refractivity contribution is -0.157. The van der Waals surface area contributed by atoms with Crippen LogP contribution in [-0.2, 0) is 40.4 Å². The minimum absolute atomic E-state index is 0.0399. The summed E-state index contributed by atoms with van der Waals surface area (Å²) in [5, 5.41) is 18.3. The van der Waals surface area contributed by atoms with Crippen molar-refractivity contribution in [3.05, 3.63) is 125 Å². The van der Waals surface area contributed by atoms with E-state index >= 15 is 0 Å². The van der Waals surface area contributed by atoms with Gasteiger partial charge in [-0.2, -0.15) is 10.3 Å². The molecule has 2 aliphatic rings. The largest absolute Gasteiger partial charge is 0.444 e. The van der Waals surface area contributed by atoms with E-state index in [1.165, 1.54) is 50.5 Å². The number of aromatic nitrogens is 1. The molecule has 280 valence electrons. The standard InChI is InChI=1S/C39H36FN9O5S/c40-29-13-9-26(10-14-29)20-43-38(52)47(18-17-41)48-23-34(50)49-31(19-25-11-15-30(16-12-25)44-39(53)54-24-27-5-2-1-3-6-27)36(51)46(22-33(48)49)21-28-7-4-8-32-35(28)45-37(42)55-32/h1-16,31,33H,18-24H2,(H2,42,45)(H,43,52)(H,44,53)/t31-,33+/m0/s1. The third kappa shape index (κ3) is 8.33. The van der Waals surface area contributed by atoms with Crippen LogP contribution in [0.5, 0.6) is 0 Å². The van der Waals surface area contributed by atoms with Crippen LogP contribution in [-0.4, -0.2) is 80.6 Å². The number of fused-ring (bicyclic) bond motifs is 2. The molecule has 4 N–H and O–H groups in total. The molecule has 4 aromatic carbocycles. The average molecular weight is 762 g/mol. The first kappa shape index (κ1) is 36.8. The van der Waals surface area contributed by atoms with Crippen molar-refractivity contribution in [1.82, 2.24) is 30.1 Å². The molecule has 7 rings (SSSR count). The normalized spacial score (nSPS) is 16.8. The van der Waals surface area contributed by atoms with Crippen LogP contribution >= 0.6 is 11.3 Å². The van der Waals surface area contributed by atoms with Crippen LogP contribution in [0.15, 0.2) is 97.1 Å². The predicted molar refractivity (Wildman–Crippen MR) is 202 cm³/mol. The van der Waals surface area contributed by atoms with Crippen LogP contribution in [0.25, 0.3) is 10.2 Å². The Morgan fingerprint density at radius 2 is 1.73 bits per heavy atom. The number of amides is 5. The second kappa shape index (κ2) is 16.2. The van der Waals surface area contributed by atoms with Crippen LogP contribution < -0.4 is 16.4 Å². The van der Waals surface area contributed by atoms with Gasteiger partial charge in [0.2, 0.25) is 11.8 Å². The number of carbonyl (C=O) groups excluding carboxylic acids is 4. The second-order valence-corrected chi connectivity index (χ2v) is 14.1. The molecule has 55 heavy (non-hydrogen) atoms. The lowest BCUT2D eigenvalue weighted by atomic mass is 9.99. The van der Waals surface area contributed by atoms with Crippen LogP contribution in [0.2, 0.25) is 0 Å². The van der Waals surface area contributed by atoms with Gasteiger partial charge in [-0.1, -0.05) is 78.1 Å². The van der Waals surface area contributed by atoms with Crippen molar-refractivity contribution in [3.8, 4) is 6.07 Å². The first-order chi connectivity index (χ1) is 26.7. The molecule has 0 unspecified atom stereocenters. The highest BCUT2D eigenvalue weighted by Crippen LogP contribution is 2.32. The molecule has 0 aliphatic carbocycles. The Bertz CT molecular complexity index is 2250. The fourth-order valence-electron chi connectivity index (χ4n) is 6.79. The number of nitrogens with two attached hydrogens (primary N) is 1. The summed E-state index contributed by atoms with van der Waals surface area (Å²) in [4.78, 5) is 61.9. The van der Waals surface area contributed by atoms with E-state index in [9.17, 15) is 28.8 Å². The molecule has 16 heteroatoms. The van der Waals surface area contributed by atoms with Crippen molar-refractivity contribution >= 4 is 56.3 Å². The first-order valence-electron chi connectivity index (χ1n) is 17.4. The number of para-hydroxylation sites is 1. The maximum absolute atomic E-state index is 14.4. The first-order valence-corrected chi connectivity index (χ1v) is 18.2. The third-order valence-electron chi connectivity index (χ3n) is 9.41. The van der Waals surface area contributed by atoms with Gasteiger partial charge in [-0.25, -0.2) is 24.0 Å². The Labute approximate surface area is 319 Å². The number of urea groups is 1. The summed E-state index contributed by atoms with van der Waals surface area (Å²) in [6, 6.07) is 27.9. The molecule has 0 bridgehead atoms. The van der Waals surface area contributed by atoms with Crippen molar-refractivity contribution in [2.24, 2.45) is 0 Å². The Hall–Kier alpha value is -6.57. The highest BCUT2D eigenvalue weighted by molar-refractivity contribution is 7.22. The number of nitriles is 1. The molecule has 0 saturated carbocycles. The molecular formula is C39H36FN9O5S. The van der Waals surface area contributed by atoms with Gasteiger partial charge in [0.15, 0.2) is 5.13 Å². The summed E-state index contributed by atoms with van der Waals surface area (Å²) in [6.07, 6.45) is -1.28. The second-order valence-electron chi connectivity index (χ2n) is 13.0. The fourth-order valence-corrected chi connectivity index (χ4v) is 7.57. The number of piperazine rings is 1. The number of thiazole rings is 1. The molecule has 0 spiro atoms. The number of nitrogens with zero attached hydrogens (tertiary/aromatic N) is 6. The Morgan fingerprint density at radius 3 is 2.47 bits per heavy atom. The van der Waals surface area contributed by atoms with Crippen LogP contribution in [0.1, 0.15) is 22.3 Å². The van der Waals surface area contributed by atoms with Crippen molar-refractivity contribution in [3.63, 3.8) is 0 Å². The molecule has 3 heterocycles. The van der Waals surface area contributed by atoms with Crippen LogP contribution in [0.3, 0.4) is 0 Å². The van der Waals surface area contributed by atoms with E-state index in [0.29, 0.717) is 27.5 Å². The van der Waals surface area contributed by atoms with Gasteiger partial charge in [-0.15, -0.1) is 0 Å². The van der Waals surface area contributed by atoms with Gasteiger partial charge < -0.3 is 25.6 Å². The Morgan fingerprint density at radius 1 is 0.982 bits per heavy atom. The molecule has 5 amide bonds. The summed E-state index contributed by atoms with van der Waals surface area (Å²) >= 11 is 1.34. The number of hydrogen-bond acceptors (Lipinski definition) is 10. The van der Waals surface area contributed by atoms with Gasteiger partial charge in [0.1, 0.15) is 31.2 Å². The number of carbonyl (C=O) groups is 4. The quantitative estimate of drug-likeness (QED) is 0.159. The van der Waals surface area contributed by atoms with Crippen molar-refractivity contribution < 1.29 is 28.3 Å². The number of benzene rings is 4. The zero-order chi connectivity index (χ0) is 38.5. The topological polar surface area (TPSA) is 177 Å². The smallest absolute Gasteiger partial charge is 0.411 e. The molecule has 0 radical (unpaired) electrons. The number of anilines is 2. The summed E-state index contributed by atoms with van der Waals surface area (Å²) < 4.78 is 19.7. The minimum atomic E-state index is -0.961. The third-order valence-corrected chi connectivity index (χ3v) is 10.3. The molecule has 5 aromatic rings. The maximum atomic E-state index is 14.4. The fraction of sp³-hybridized carbons (Fsp3) is 0.231. The average Bonchev–Trinajstić information content (AvgIpc) is 3.74. The molecule has 2 saturated heterocycles. The molecule has 14 nitrogen and oxygen atoms in total. The molecule has 1 aromatic heterocycles. The summed E-state index contributed by atoms with van der Waals surface area (Å²) in [5.74, 6) is -1.10. The number of ether oxygens (including phenoxy) is 1. The van der Waals surface area contributed by atoms with Gasteiger partial charge >= 0.3 is 12.1 Å². The number of halogens is 1. The van der Waals surface area contributed by atoms with E-state index in [1.807, 2.05) is 54.6 Å². The number of hydrazine groups is 1. The highest BCUT2D eigenvalue weighted by Gasteiger charge is 2.52. The van der Waals surface area contributed by atoms with E-state index in [2.05, 4.69) is 15.6 Å². The Balaban J connectivity index is 1.12. The zero-order valence-corrected chi connectivity index (χ0v) is 30.2. The lowest BCUT2D eigenvalue weighted by Gasteiger charge is -2.46. The molecule has 2 atom stereocenters. The maximum Gasteiger partial charge on any atom is 0.411 e. The number of rotatable bonds is 11. The van der Waals surface area contributed by atoms with E-state index in [-0.39, 0.29) is 57.6 Å². The Kier molecular flexibility index (Phi) is 10.8. The van der Waals surface area contributed by atoms with Gasteiger partial charge in [-0.05, 0) is 52.6 Å². The highest BCUT2D eigenvalue weighted by atomic mass is 32.1. The van der Waals surface area contributed by atoms with Crippen LogP contribution in [0.4, 0.5) is 24.8 Å². The number of nitrogens with one attached hydrogen (secondary N) is 2. The lowest BCUT2D eigenvalue weighted by Crippen LogP contribution is -2.66. The predicted octanol–water partition coefficient (Wildman–Crippen LogP) is 4.84. The number of hydrogen-bond donors (Lipinski definition) is 3. The monoisotopic (exact) mass is 761 g/mol. The van der Waals surface area contributed by atoms with Crippen molar-refractivity contribution in [2.45, 2.75) is 38.3 Å². The SMILES string of the molecule is N#CCN(C(=O)NCc1ccc(F)cc1)N1CC(=O)N2[C@@H](Cc3ccc(NC(=O)OCc4ccccc4)cc3)C(=O)N(Cc3cccc4sc(N)nc34)C[C@@H]21. The molecule has 2 fully saturated rings. The van der Waals surface area contributed by atoms with Crippen molar-refractivity contribution in [2.75, 3.05) is 30.7 Å². The van der Waals surface area contributed by atoms with E-state index in [1.54, 1.807) is 29.2 Å². The van der Waals surface area contributed by atoms with E-state index < -0.39 is 30.1 Å². The summed E-state index contributed by atoms with van der Waals surface area (Å²) in [7, 11) is 0. The van der Waals surface area contributed by atoms with Gasteiger partial charge in [-0.3, -0.25) is 14.9 Å². The molecule has 2 aliphatic heterocycles. The van der Waals surface area contributed by atoms with Gasteiger partial charge in [0.05, 0.1) is 29.4 Å². The van der Waals surface area contributed by atoms with E-state index in [4.69, 9.17) is 10.5 Å². The summed E-state index contributed by atoms with van der Waals surface area (Å²) in [5.41, 5.74) is 10.2. The molecular weight excluding hydrogens is 726 g/mol. The van der Waals surface area contributed by atoms with E-state index in [0.717, 1.165) is 15.8 Å². The van der Waals surface area contributed by atoms with Crippen molar-refractivity contribution in [1.29, 1.82) is 5.26 Å². The summed E-state index contributed by atoms with van der Waals surface area (Å²) in [6.45, 7) is -0.255.